The van der Waals surface area contributed by atoms with Crippen molar-refractivity contribution in [3.05, 3.63) is 52.0 Å². The molecule has 1 unspecified atom stereocenters. The van der Waals surface area contributed by atoms with Crippen molar-refractivity contribution in [2.75, 3.05) is 13.6 Å². The van der Waals surface area contributed by atoms with Crippen LogP contribution in [0.5, 0.6) is 0 Å². The van der Waals surface area contributed by atoms with Crippen molar-refractivity contribution < 1.29 is 4.79 Å². The molecule has 0 aliphatic carbocycles. The minimum Gasteiger partial charge on any atom is -0.332 e. The number of hydrogen-bond donors (Lipinski definition) is 0. The summed E-state index contributed by atoms with van der Waals surface area (Å²) in [5.41, 5.74) is 0.945. The van der Waals surface area contributed by atoms with Crippen molar-refractivity contribution in [1.29, 1.82) is 0 Å². The molecule has 3 heterocycles. The Bertz CT molecular complexity index is 685. The summed E-state index contributed by atoms with van der Waals surface area (Å²) in [5, 5.41) is 0. The zero-order chi connectivity index (χ0) is 17.6. The highest BCUT2D eigenvalue weighted by Crippen LogP contribution is 2.22. The lowest BCUT2D eigenvalue weighted by Gasteiger charge is -2.33. The van der Waals surface area contributed by atoms with Gasteiger partial charge in [-0.15, -0.1) is 11.3 Å². The molecular weight excluding hydrogens is 330 g/mol. The van der Waals surface area contributed by atoms with E-state index in [-0.39, 0.29) is 5.91 Å². The molecule has 1 aliphatic heterocycles. The molecule has 25 heavy (non-hydrogen) atoms. The van der Waals surface area contributed by atoms with E-state index in [1.807, 2.05) is 23.1 Å². The van der Waals surface area contributed by atoms with Crippen molar-refractivity contribution in [1.82, 2.24) is 14.8 Å². The first-order valence-electron chi connectivity index (χ1n) is 9.05. The highest BCUT2D eigenvalue weighted by atomic mass is 32.1. The van der Waals surface area contributed by atoms with E-state index >= 15 is 0 Å². The van der Waals surface area contributed by atoms with Crippen molar-refractivity contribution in [2.24, 2.45) is 0 Å². The number of carbonyl (C=O) groups is 1. The minimum absolute atomic E-state index is 0.232. The van der Waals surface area contributed by atoms with Crippen LogP contribution in [0.1, 0.15) is 41.1 Å². The first-order valence-corrected chi connectivity index (χ1v) is 9.86. The number of piperidine rings is 1. The van der Waals surface area contributed by atoms with Gasteiger partial charge in [-0.05, 0) is 57.6 Å². The largest absolute Gasteiger partial charge is 0.332 e. The average molecular weight is 358 g/mol. The molecule has 1 fully saturated rings. The Morgan fingerprint density at radius 1 is 1.28 bits per heavy atom. The third kappa shape index (κ3) is 5.13. The summed E-state index contributed by atoms with van der Waals surface area (Å²) < 4.78 is 0. The number of nitrogens with zero attached hydrogens (tertiary/aromatic N) is 3. The topological polar surface area (TPSA) is 36.4 Å². The monoisotopic (exact) mass is 357 g/mol. The second-order valence-corrected chi connectivity index (χ2v) is 8.29. The van der Waals surface area contributed by atoms with E-state index in [2.05, 4.69) is 36.0 Å². The van der Waals surface area contributed by atoms with E-state index in [1.165, 1.54) is 22.6 Å². The molecule has 1 saturated heterocycles. The maximum absolute atomic E-state index is 13.0. The van der Waals surface area contributed by atoms with Gasteiger partial charge in [0, 0.05) is 28.4 Å². The minimum atomic E-state index is 0.232. The van der Waals surface area contributed by atoms with Crippen LogP contribution in [-0.4, -0.2) is 40.3 Å². The lowest BCUT2D eigenvalue weighted by molar-refractivity contribution is -0.134. The molecule has 0 bridgehead atoms. The number of carbonyl (C=O) groups excluding carboxylic acids is 1. The van der Waals surface area contributed by atoms with Crippen molar-refractivity contribution in [3.8, 4) is 0 Å². The quantitative estimate of drug-likeness (QED) is 0.788. The van der Waals surface area contributed by atoms with Gasteiger partial charge in [-0.25, -0.2) is 0 Å². The predicted octanol–water partition coefficient (Wildman–Crippen LogP) is 3.85. The molecule has 4 nitrogen and oxygen atoms in total. The number of amides is 1. The molecular formula is C20H27N3OS. The standard InChI is InChI=1S/C20H27N3OS/c1-16-9-10-19(25-16)15-23(14-17-7-3-5-11-21-17)20(24)13-18-8-4-6-12-22(18)2/h3,5,7,9-11,18H,4,6,8,12-15H2,1-2H3. The van der Waals surface area contributed by atoms with E-state index in [4.69, 9.17) is 0 Å². The van der Waals surface area contributed by atoms with E-state index < -0.39 is 0 Å². The molecule has 1 atom stereocenters. The number of likely N-dealkylation sites (tertiary alicyclic amines) is 1. The van der Waals surface area contributed by atoms with Gasteiger partial charge in [0.05, 0.1) is 18.8 Å². The summed E-state index contributed by atoms with van der Waals surface area (Å²) in [6.07, 6.45) is 5.99. The van der Waals surface area contributed by atoms with Gasteiger partial charge < -0.3 is 9.80 Å². The Hall–Kier alpha value is -1.72. The van der Waals surface area contributed by atoms with E-state index in [9.17, 15) is 4.79 Å². The Balaban J connectivity index is 1.71. The molecule has 0 N–H and O–H groups in total. The number of aromatic nitrogens is 1. The molecule has 2 aromatic heterocycles. The van der Waals surface area contributed by atoms with Gasteiger partial charge in [0.2, 0.25) is 5.91 Å². The molecule has 0 aromatic carbocycles. The summed E-state index contributed by atoms with van der Waals surface area (Å²) in [5.74, 6) is 0.232. The average Bonchev–Trinajstić information content (AvgIpc) is 3.02. The summed E-state index contributed by atoms with van der Waals surface area (Å²) >= 11 is 1.77. The molecule has 1 amide bonds. The van der Waals surface area contributed by atoms with Crippen molar-refractivity contribution >= 4 is 17.2 Å². The SMILES string of the molecule is Cc1ccc(CN(Cc2ccccn2)C(=O)CC2CCCCN2C)s1. The van der Waals surface area contributed by atoms with Crippen molar-refractivity contribution in [2.45, 2.75) is 51.7 Å². The van der Waals surface area contributed by atoms with Crippen LogP contribution in [0.4, 0.5) is 0 Å². The lowest BCUT2D eigenvalue weighted by Crippen LogP contribution is -2.41. The fraction of sp³-hybridized carbons (Fsp3) is 0.500. The van der Waals surface area contributed by atoms with E-state index in [0.29, 0.717) is 25.6 Å². The zero-order valence-corrected chi connectivity index (χ0v) is 16.0. The highest BCUT2D eigenvalue weighted by Gasteiger charge is 2.25. The molecule has 0 radical (unpaired) electrons. The zero-order valence-electron chi connectivity index (χ0n) is 15.1. The van der Waals surface area contributed by atoms with Gasteiger partial charge in [0.1, 0.15) is 0 Å². The fourth-order valence-corrected chi connectivity index (χ4v) is 4.32. The van der Waals surface area contributed by atoms with Gasteiger partial charge >= 0.3 is 0 Å². The molecule has 2 aromatic rings. The van der Waals surface area contributed by atoms with Crippen molar-refractivity contribution in [3.63, 3.8) is 0 Å². The molecule has 0 saturated carbocycles. The fourth-order valence-electron chi connectivity index (χ4n) is 3.41. The number of rotatable bonds is 6. The Morgan fingerprint density at radius 3 is 2.84 bits per heavy atom. The van der Waals surface area contributed by atoms with E-state index in [1.54, 1.807) is 17.5 Å². The van der Waals surface area contributed by atoms with Crippen LogP contribution >= 0.6 is 11.3 Å². The second kappa shape index (κ2) is 8.59. The summed E-state index contributed by atoms with van der Waals surface area (Å²) in [7, 11) is 2.14. The maximum atomic E-state index is 13.0. The lowest BCUT2D eigenvalue weighted by atomic mass is 9.99. The number of thiophene rings is 1. The van der Waals surface area contributed by atoms with Crippen LogP contribution < -0.4 is 0 Å². The van der Waals surface area contributed by atoms with Gasteiger partial charge in [0.15, 0.2) is 0 Å². The molecule has 0 spiro atoms. The van der Waals surface area contributed by atoms with Crippen LogP contribution in [0.25, 0.3) is 0 Å². The smallest absolute Gasteiger partial charge is 0.224 e. The highest BCUT2D eigenvalue weighted by molar-refractivity contribution is 7.11. The summed E-state index contributed by atoms with van der Waals surface area (Å²) in [6.45, 7) is 4.45. The predicted molar refractivity (Wildman–Crippen MR) is 102 cm³/mol. The first kappa shape index (κ1) is 18.1. The van der Waals surface area contributed by atoms with Gasteiger partial charge in [-0.1, -0.05) is 12.5 Å². The molecule has 3 rings (SSSR count). The summed E-state index contributed by atoms with van der Waals surface area (Å²) in [6, 6.07) is 10.5. The molecule has 5 heteroatoms. The van der Waals surface area contributed by atoms with Gasteiger partial charge in [0.25, 0.3) is 0 Å². The first-order chi connectivity index (χ1) is 12.1. The van der Waals surface area contributed by atoms with E-state index in [0.717, 1.165) is 18.7 Å². The maximum Gasteiger partial charge on any atom is 0.224 e. The van der Waals surface area contributed by atoms with Crippen LogP contribution in [0.15, 0.2) is 36.5 Å². The van der Waals surface area contributed by atoms with Crippen LogP contribution in [0, 0.1) is 6.92 Å². The van der Waals surface area contributed by atoms with Gasteiger partial charge in [-0.3, -0.25) is 9.78 Å². The second-order valence-electron chi connectivity index (χ2n) is 6.92. The normalized spacial score (nSPS) is 18.2. The molecule has 1 aliphatic rings. The summed E-state index contributed by atoms with van der Waals surface area (Å²) in [4.78, 5) is 24.3. The Morgan fingerprint density at radius 2 is 2.16 bits per heavy atom. The molecule has 134 valence electrons. The Kier molecular flexibility index (Phi) is 6.21. The van der Waals surface area contributed by atoms with Crippen LogP contribution in [0.2, 0.25) is 0 Å². The van der Waals surface area contributed by atoms with Gasteiger partial charge in [-0.2, -0.15) is 0 Å². The number of aryl methyl sites for hydroxylation is 1. The number of pyridine rings is 1. The third-order valence-electron chi connectivity index (χ3n) is 4.91. The van der Waals surface area contributed by atoms with Crippen LogP contribution in [0.3, 0.4) is 0 Å². The Labute approximate surface area is 154 Å². The number of hydrogen-bond acceptors (Lipinski definition) is 4. The third-order valence-corrected chi connectivity index (χ3v) is 5.89. The van der Waals surface area contributed by atoms with Crippen LogP contribution in [-0.2, 0) is 17.9 Å².